The highest BCUT2D eigenvalue weighted by Gasteiger charge is 2.35. The average molecular weight is 293 g/mol. The summed E-state index contributed by atoms with van der Waals surface area (Å²) >= 11 is 0. The van der Waals surface area contributed by atoms with Gasteiger partial charge in [-0.05, 0) is 0 Å². The lowest BCUT2D eigenvalue weighted by molar-refractivity contribution is 0.0975. The number of phenols is 2. The molecule has 0 spiro atoms. The van der Waals surface area contributed by atoms with Crippen molar-refractivity contribution in [2.75, 3.05) is 0 Å². The van der Waals surface area contributed by atoms with E-state index in [1.165, 1.54) is 12.1 Å². The van der Waals surface area contributed by atoms with Crippen LogP contribution in [0, 0.1) is 0 Å². The number of benzene rings is 2. The number of rotatable bonds is 0. The third-order valence-electron chi connectivity index (χ3n) is 4.12. The number of aromatic hydroxyl groups is 2. The van der Waals surface area contributed by atoms with Crippen LogP contribution >= 0.6 is 0 Å². The Bertz CT molecular complexity index is 998. The number of ketones is 2. The van der Waals surface area contributed by atoms with Crippen LogP contribution < -0.4 is 0 Å². The van der Waals surface area contributed by atoms with Gasteiger partial charge in [0, 0.05) is 30.3 Å². The molecule has 0 bridgehead atoms. The average Bonchev–Trinajstić information content (AvgIpc) is 2.79. The van der Waals surface area contributed by atoms with E-state index in [9.17, 15) is 19.8 Å². The minimum Gasteiger partial charge on any atom is -0.508 e. The fourth-order valence-corrected chi connectivity index (χ4v) is 3.15. The van der Waals surface area contributed by atoms with Gasteiger partial charge >= 0.3 is 0 Å². The molecule has 0 amide bonds. The molecule has 22 heavy (non-hydrogen) atoms. The Balaban J connectivity index is 2.20. The summed E-state index contributed by atoms with van der Waals surface area (Å²) in [7, 11) is 1.64. The Morgan fingerprint density at radius 1 is 0.955 bits per heavy atom. The van der Waals surface area contributed by atoms with Gasteiger partial charge in [0.2, 0.25) is 5.78 Å². The molecular weight excluding hydrogens is 282 g/mol. The Kier molecular flexibility index (Phi) is 2.29. The minimum atomic E-state index is -0.295. The van der Waals surface area contributed by atoms with Gasteiger partial charge < -0.3 is 14.8 Å². The van der Waals surface area contributed by atoms with Crippen molar-refractivity contribution in [3.05, 3.63) is 58.8 Å². The Labute approximate surface area is 125 Å². The van der Waals surface area contributed by atoms with Crippen molar-refractivity contribution in [1.29, 1.82) is 0 Å². The molecule has 1 aromatic heterocycles. The van der Waals surface area contributed by atoms with Gasteiger partial charge in [-0.1, -0.05) is 24.3 Å². The number of carbonyl (C=O) groups is 2. The van der Waals surface area contributed by atoms with E-state index in [0.29, 0.717) is 22.0 Å². The first kappa shape index (κ1) is 12.6. The van der Waals surface area contributed by atoms with Crippen LogP contribution in [0.2, 0.25) is 0 Å². The first-order valence-electron chi connectivity index (χ1n) is 6.73. The largest absolute Gasteiger partial charge is 0.508 e. The van der Waals surface area contributed by atoms with E-state index in [2.05, 4.69) is 0 Å². The van der Waals surface area contributed by atoms with Crippen LogP contribution in [0.1, 0.15) is 32.0 Å². The van der Waals surface area contributed by atoms with E-state index in [1.807, 2.05) is 0 Å². The molecule has 0 saturated carbocycles. The zero-order valence-corrected chi connectivity index (χ0v) is 11.6. The lowest BCUT2D eigenvalue weighted by Crippen LogP contribution is -2.22. The number of hydrogen-bond donors (Lipinski definition) is 2. The fraction of sp³-hybridized carbons (Fsp3) is 0.0588. The SMILES string of the molecule is Cn1c2c(c3c(O)cc(O)cc31)C(=O)c1ccccc1C2=O. The molecule has 0 unspecified atom stereocenters. The van der Waals surface area contributed by atoms with E-state index >= 15 is 0 Å². The molecule has 5 heteroatoms. The highest BCUT2D eigenvalue weighted by Crippen LogP contribution is 2.40. The molecule has 1 heterocycles. The number of aryl methyl sites for hydroxylation is 1. The van der Waals surface area contributed by atoms with Crippen LogP contribution in [-0.4, -0.2) is 26.3 Å². The maximum atomic E-state index is 12.8. The van der Waals surface area contributed by atoms with Crippen LogP contribution in [0.4, 0.5) is 0 Å². The van der Waals surface area contributed by atoms with Gasteiger partial charge in [-0.15, -0.1) is 0 Å². The molecule has 2 N–H and O–H groups in total. The summed E-state index contributed by atoms with van der Waals surface area (Å²) in [5.41, 5.74) is 1.56. The second-order valence-corrected chi connectivity index (χ2v) is 5.35. The van der Waals surface area contributed by atoms with Gasteiger partial charge in [-0.3, -0.25) is 9.59 Å². The summed E-state index contributed by atoms with van der Waals surface area (Å²) in [6.45, 7) is 0. The normalized spacial score (nSPS) is 13.3. The monoisotopic (exact) mass is 293 g/mol. The molecule has 5 nitrogen and oxygen atoms in total. The van der Waals surface area contributed by atoms with Crippen molar-refractivity contribution in [3.63, 3.8) is 0 Å². The van der Waals surface area contributed by atoms with E-state index in [-0.39, 0.29) is 34.3 Å². The van der Waals surface area contributed by atoms with Crippen molar-refractivity contribution >= 4 is 22.5 Å². The standard InChI is InChI=1S/C17H11NO4/c1-18-11-6-8(19)7-12(20)13(11)14-15(18)17(22)10-5-3-2-4-9(10)16(14)21/h2-7,19-20H,1H3. The Morgan fingerprint density at radius 3 is 2.27 bits per heavy atom. The number of carbonyl (C=O) groups excluding carboxylic acids is 2. The molecule has 4 rings (SSSR count). The van der Waals surface area contributed by atoms with Crippen LogP contribution in [0.25, 0.3) is 10.9 Å². The summed E-state index contributed by atoms with van der Waals surface area (Å²) in [5, 5.41) is 20.1. The third-order valence-corrected chi connectivity index (χ3v) is 4.12. The van der Waals surface area contributed by atoms with Crippen molar-refractivity contribution in [2.24, 2.45) is 7.05 Å². The first-order valence-corrected chi connectivity index (χ1v) is 6.73. The van der Waals surface area contributed by atoms with Crippen molar-refractivity contribution in [2.45, 2.75) is 0 Å². The lowest BCUT2D eigenvalue weighted by atomic mass is 9.86. The van der Waals surface area contributed by atoms with Crippen LogP contribution in [0.15, 0.2) is 36.4 Å². The van der Waals surface area contributed by atoms with Gasteiger partial charge in [0.15, 0.2) is 5.78 Å². The zero-order chi connectivity index (χ0) is 15.6. The van der Waals surface area contributed by atoms with Crippen LogP contribution in [0.5, 0.6) is 11.5 Å². The summed E-state index contributed by atoms with van der Waals surface area (Å²) in [5.74, 6) is -0.896. The molecular formula is C17H11NO4. The van der Waals surface area contributed by atoms with E-state index in [0.717, 1.165) is 0 Å². The summed E-state index contributed by atoms with van der Waals surface area (Å²) in [4.78, 5) is 25.5. The Morgan fingerprint density at radius 2 is 1.59 bits per heavy atom. The number of phenolic OH excluding ortho intramolecular Hbond substituents is 2. The topological polar surface area (TPSA) is 79.5 Å². The third kappa shape index (κ3) is 1.37. The van der Waals surface area contributed by atoms with E-state index in [1.54, 1.807) is 35.9 Å². The smallest absolute Gasteiger partial charge is 0.210 e. The number of nitrogens with zero attached hydrogens (tertiary/aromatic N) is 1. The molecule has 0 aliphatic heterocycles. The van der Waals surface area contributed by atoms with Gasteiger partial charge in [0.25, 0.3) is 0 Å². The Hall–Kier alpha value is -3.08. The minimum absolute atomic E-state index is 0.125. The molecule has 2 aromatic carbocycles. The predicted molar refractivity (Wildman–Crippen MR) is 79.6 cm³/mol. The quantitative estimate of drug-likeness (QED) is 0.521. The maximum Gasteiger partial charge on any atom is 0.210 e. The number of hydrogen-bond acceptors (Lipinski definition) is 4. The van der Waals surface area contributed by atoms with Gasteiger partial charge in [-0.2, -0.15) is 0 Å². The fourth-order valence-electron chi connectivity index (χ4n) is 3.15. The van der Waals surface area contributed by atoms with E-state index in [4.69, 9.17) is 0 Å². The van der Waals surface area contributed by atoms with Gasteiger partial charge in [0.1, 0.15) is 17.2 Å². The lowest BCUT2D eigenvalue weighted by Gasteiger charge is -2.15. The first-order chi connectivity index (χ1) is 10.5. The summed E-state index contributed by atoms with van der Waals surface area (Å²) < 4.78 is 1.54. The molecule has 3 aromatic rings. The highest BCUT2D eigenvalue weighted by molar-refractivity contribution is 6.32. The number of aromatic nitrogens is 1. The summed E-state index contributed by atoms with van der Waals surface area (Å²) in [6.07, 6.45) is 0. The zero-order valence-electron chi connectivity index (χ0n) is 11.6. The molecule has 0 saturated heterocycles. The van der Waals surface area contributed by atoms with Crippen molar-refractivity contribution in [1.82, 2.24) is 4.57 Å². The maximum absolute atomic E-state index is 12.8. The van der Waals surface area contributed by atoms with Gasteiger partial charge in [-0.25, -0.2) is 0 Å². The van der Waals surface area contributed by atoms with Crippen LogP contribution in [0.3, 0.4) is 0 Å². The number of fused-ring (bicyclic) bond motifs is 4. The molecule has 0 radical (unpaired) electrons. The second kappa shape index (κ2) is 3.98. The molecule has 0 fully saturated rings. The van der Waals surface area contributed by atoms with Crippen LogP contribution in [-0.2, 0) is 7.05 Å². The molecule has 1 aliphatic carbocycles. The molecule has 0 atom stereocenters. The van der Waals surface area contributed by atoms with Gasteiger partial charge in [0.05, 0.1) is 16.5 Å². The second-order valence-electron chi connectivity index (χ2n) is 5.35. The predicted octanol–water partition coefficient (Wildman–Crippen LogP) is 2.36. The molecule has 1 aliphatic rings. The summed E-state index contributed by atoms with van der Waals surface area (Å²) in [6, 6.07) is 9.23. The molecule has 108 valence electrons. The van der Waals surface area contributed by atoms with E-state index < -0.39 is 0 Å². The highest BCUT2D eigenvalue weighted by atomic mass is 16.3. The van der Waals surface area contributed by atoms with Crippen molar-refractivity contribution < 1.29 is 19.8 Å². The van der Waals surface area contributed by atoms with Crippen molar-refractivity contribution in [3.8, 4) is 11.5 Å².